The van der Waals surface area contributed by atoms with Gasteiger partial charge in [-0.05, 0) is 60.9 Å². The maximum atomic E-state index is 5.87. The second-order valence-electron chi connectivity index (χ2n) is 7.32. The Morgan fingerprint density at radius 1 is 1.00 bits per heavy atom. The van der Waals surface area contributed by atoms with Crippen LogP contribution in [0.5, 0.6) is 17.2 Å². The van der Waals surface area contributed by atoms with Gasteiger partial charge in [-0.2, -0.15) is 0 Å². The van der Waals surface area contributed by atoms with E-state index in [0.717, 1.165) is 54.0 Å². The van der Waals surface area contributed by atoms with Crippen LogP contribution in [0, 0.1) is 0 Å². The fourth-order valence-corrected chi connectivity index (χ4v) is 3.31. The topological polar surface area (TPSA) is 77.0 Å². The minimum Gasteiger partial charge on any atom is -0.487 e. The molecule has 0 spiro atoms. The van der Waals surface area contributed by atoms with Crippen molar-refractivity contribution in [2.75, 3.05) is 19.9 Å². The van der Waals surface area contributed by atoms with Crippen LogP contribution in [0.4, 0.5) is 0 Å². The zero-order valence-electron chi connectivity index (χ0n) is 18.2. The fourth-order valence-electron chi connectivity index (χ4n) is 3.31. The minimum absolute atomic E-state index is 0.295. The lowest BCUT2D eigenvalue weighted by atomic mass is 10.1. The van der Waals surface area contributed by atoms with E-state index in [4.69, 9.17) is 19.2 Å². The number of nitrogens with one attached hydrogen (secondary N) is 2. The molecule has 1 aromatic heterocycles. The average molecular weight is 433 g/mol. The van der Waals surface area contributed by atoms with Gasteiger partial charge in [-0.3, -0.25) is 4.98 Å². The van der Waals surface area contributed by atoms with E-state index >= 15 is 0 Å². The molecule has 1 aliphatic heterocycles. The molecule has 2 heterocycles. The number of aliphatic imine (C=N–C) groups is 1. The van der Waals surface area contributed by atoms with Gasteiger partial charge in [-0.15, -0.1) is 0 Å². The molecule has 0 saturated carbocycles. The lowest BCUT2D eigenvalue weighted by Gasteiger charge is -2.12. The van der Waals surface area contributed by atoms with Crippen molar-refractivity contribution < 1.29 is 14.2 Å². The van der Waals surface area contributed by atoms with Crippen LogP contribution in [0.2, 0.25) is 0 Å². The molecule has 0 aliphatic carbocycles. The second-order valence-corrected chi connectivity index (χ2v) is 7.32. The molecule has 4 rings (SSSR count). The third-order valence-corrected chi connectivity index (χ3v) is 4.92. The van der Waals surface area contributed by atoms with Crippen LogP contribution in [0.25, 0.3) is 0 Å². The molecule has 2 N–H and O–H groups in total. The van der Waals surface area contributed by atoms with Crippen molar-refractivity contribution in [3.05, 3.63) is 83.7 Å². The maximum absolute atomic E-state index is 5.87. The van der Waals surface area contributed by atoms with Gasteiger partial charge in [0.1, 0.15) is 12.4 Å². The van der Waals surface area contributed by atoms with Gasteiger partial charge in [0.15, 0.2) is 17.5 Å². The van der Waals surface area contributed by atoms with Crippen LogP contribution in [0.1, 0.15) is 23.7 Å². The molecule has 0 amide bonds. The van der Waals surface area contributed by atoms with Crippen LogP contribution in [-0.2, 0) is 19.6 Å². The SMILES string of the molecule is CCNC(=NCc1cccc(OCc2ccccn2)c1)NCCc1ccc2c(c1)OCO2. The zero-order chi connectivity index (χ0) is 22.0. The Morgan fingerprint density at radius 3 is 2.81 bits per heavy atom. The van der Waals surface area contributed by atoms with E-state index in [0.29, 0.717) is 19.9 Å². The van der Waals surface area contributed by atoms with E-state index in [9.17, 15) is 0 Å². The zero-order valence-corrected chi connectivity index (χ0v) is 18.2. The van der Waals surface area contributed by atoms with Crippen molar-refractivity contribution in [2.24, 2.45) is 4.99 Å². The highest BCUT2D eigenvalue weighted by atomic mass is 16.7. The highest BCUT2D eigenvalue weighted by Gasteiger charge is 2.13. The first-order chi connectivity index (χ1) is 15.8. The quantitative estimate of drug-likeness (QED) is 0.397. The number of ether oxygens (including phenoxy) is 3. The molecule has 2 aromatic carbocycles. The highest BCUT2D eigenvalue weighted by molar-refractivity contribution is 5.79. The summed E-state index contributed by atoms with van der Waals surface area (Å²) in [5, 5.41) is 6.69. The fraction of sp³-hybridized carbons (Fsp3) is 0.280. The molecule has 0 unspecified atom stereocenters. The Bertz CT molecular complexity index is 1040. The number of nitrogens with zero attached hydrogens (tertiary/aromatic N) is 2. The number of rotatable bonds is 9. The summed E-state index contributed by atoms with van der Waals surface area (Å²) in [5.74, 6) is 3.22. The van der Waals surface area contributed by atoms with Crippen molar-refractivity contribution in [3.63, 3.8) is 0 Å². The van der Waals surface area contributed by atoms with Gasteiger partial charge in [0.2, 0.25) is 6.79 Å². The van der Waals surface area contributed by atoms with Crippen molar-refractivity contribution in [1.29, 1.82) is 0 Å². The van der Waals surface area contributed by atoms with E-state index in [2.05, 4.69) is 28.6 Å². The van der Waals surface area contributed by atoms with Crippen LogP contribution in [-0.4, -0.2) is 30.8 Å². The lowest BCUT2D eigenvalue weighted by molar-refractivity contribution is 0.174. The van der Waals surface area contributed by atoms with E-state index < -0.39 is 0 Å². The number of pyridine rings is 1. The van der Waals surface area contributed by atoms with Gasteiger partial charge < -0.3 is 24.8 Å². The molecule has 0 saturated heterocycles. The lowest BCUT2D eigenvalue weighted by Crippen LogP contribution is -2.38. The molecule has 3 aromatic rings. The summed E-state index contributed by atoms with van der Waals surface area (Å²) >= 11 is 0. The molecule has 0 radical (unpaired) electrons. The summed E-state index contributed by atoms with van der Waals surface area (Å²) in [6.07, 6.45) is 2.63. The Hall–Kier alpha value is -3.74. The number of hydrogen-bond acceptors (Lipinski definition) is 5. The van der Waals surface area contributed by atoms with Gasteiger partial charge in [0.25, 0.3) is 0 Å². The smallest absolute Gasteiger partial charge is 0.231 e. The Labute approximate surface area is 188 Å². The molecular formula is C25H28N4O3. The molecule has 0 bridgehead atoms. The first kappa shape index (κ1) is 21.5. The average Bonchev–Trinajstić information content (AvgIpc) is 3.30. The molecule has 166 valence electrons. The molecule has 1 aliphatic rings. The molecule has 7 nitrogen and oxygen atoms in total. The first-order valence-electron chi connectivity index (χ1n) is 10.8. The van der Waals surface area contributed by atoms with E-state index in [1.807, 2.05) is 54.6 Å². The van der Waals surface area contributed by atoms with Crippen molar-refractivity contribution >= 4 is 5.96 Å². The summed E-state index contributed by atoms with van der Waals surface area (Å²) < 4.78 is 16.7. The monoisotopic (exact) mass is 432 g/mol. The second kappa shape index (κ2) is 11.0. The van der Waals surface area contributed by atoms with Crippen LogP contribution < -0.4 is 24.8 Å². The van der Waals surface area contributed by atoms with Crippen molar-refractivity contribution in [2.45, 2.75) is 26.5 Å². The van der Waals surface area contributed by atoms with E-state index in [1.54, 1.807) is 6.20 Å². The van der Waals surface area contributed by atoms with Crippen molar-refractivity contribution in [3.8, 4) is 17.2 Å². The minimum atomic E-state index is 0.295. The summed E-state index contributed by atoms with van der Waals surface area (Å²) in [4.78, 5) is 9.00. The predicted molar refractivity (Wildman–Crippen MR) is 124 cm³/mol. The summed E-state index contributed by atoms with van der Waals surface area (Å²) in [6.45, 7) is 4.91. The number of benzene rings is 2. The van der Waals surface area contributed by atoms with Crippen LogP contribution in [0.3, 0.4) is 0 Å². The molecular weight excluding hydrogens is 404 g/mol. The largest absolute Gasteiger partial charge is 0.487 e. The normalized spacial score (nSPS) is 12.5. The first-order valence-corrected chi connectivity index (χ1v) is 10.8. The standard InChI is InChI=1S/C25H28N4O3/c1-2-26-25(28-13-11-19-9-10-23-24(15-19)32-18-31-23)29-16-20-6-5-8-22(14-20)30-17-21-7-3-4-12-27-21/h3-10,12,14-15H,2,11,13,16-18H2,1H3,(H2,26,28,29). The van der Waals surface area contributed by atoms with Gasteiger partial charge in [0, 0.05) is 19.3 Å². The van der Waals surface area contributed by atoms with Crippen LogP contribution >= 0.6 is 0 Å². The Morgan fingerprint density at radius 2 is 1.94 bits per heavy atom. The van der Waals surface area contributed by atoms with Gasteiger partial charge in [-0.25, -0.2) is 4.99 Å². The molecule has 0 fully saturated rings. The number of fused-ring (bicyclic) bond motifs is 1. The van der Waals surface area contributed by atoms with Gasteiger partial charge >= 0.3 is 0 Å². The van der Waals surface area contributed by atoms with Gasteiger partial charge in [0.05, 0.1) is 12.2 Å². The molecule has 32 heavy (non-hydrogen) atoms. The maximum Gasteiger partial charge on any atom is 0.231 e. The third-order valence-electron chi connectivity index (χ3n) is 4.92. The van der Waals surface area contributed by atoms with Gasteiger partial charge in [-0.1, -0.05) is 24.3 Å². The van der Waals surface area contributed by atoms with Crippen molar-refractivity contribution in [1.82, 2.24) is 15.6 Å². The third kappa shape index (κ3) is 6.14. The summed E-state index contributed by atoms with van der Waals surface area (Å²) in [5.41, 5.74) is 3.17. The van der Waals surface area contributed by atoms with Crippen LogP contribution in [0.15, 0.2) is 71.9 Å². The summed E-state index contributed by atoms with van der Waals surface area (Å²) in [6, 6.07) is 19.9. The summed E-state index contributed by atoms with van der Waals surface area (Å²) in [7, 11) is 0. The Balaban J connectivity index is 1.29. The number of hydrogen-bond donors (Lipinski definition) is 2. The molecule has 7 heteroatoms. The highest BCUT2D eigenvalue weighted by Crippen LogP contribution is 2.32. The van der Waals surface area contributed by atoms with E-state index in [-0.39, 0.29) is 0 Å². The number of guanidine groups is 1. The molecule has 0 atom stereocenters. The van der Waals surface area contributed by atoms with E-state index in [1.165, 1.54) is 5.56 Å². The number of aromatic nitrogens is 1. The Kier molecular flexibility index (Phi) is 7.42. The predicted octanol–water partition coefficient (Wildman–Crippen LogP) is 3.69.